The Kier molecular flexibility index (Phi) is 7.76. The van der Waals surface area contributed by atoms with Gasteiger partial charge in [-0.3, -0.25) is 9.10 Å². The van der Waals surface area contributed by atoms with Gasteiger partial charge in [-0.25, -0.2) is 8.42 Å². The minimum atomic E-state index is -3.55. The number of carbonyl (C=O) groups excluding carboxylic acids is 1. The lowest BCUT2D eigenvalue weighted by Crippen LogP contribution is -2.29. The zero-order valence-electron chi connectivity index (χ0n) is 20.3. The first kappa shape index (κ1) is 26.3. The Bertz CT molecular complexity index is 1700. The molecule has 0 aliphatic heterocycles. The molecule has 0 bridgehead atoms. The number of carbonyl (C=O) groups is 1. The lowest BCUT2D eigenvalue weighted by molar-refractivity contribution is 0.103. The van der Waals surface area contributed by atoms with Gasteiger partial charge in [-0.05, 0) is 71.6 Å². The molecule has 5 aromatic rings. The van der Waals surface area contributed by atoms with E-state index in [4.69, 9.17) is 11.6 Å². The van der Waals surface area contributed by atoms with Gasteiger partial charge in [-0.1, -0.05) is 65.8 Å². The molecule has 1 N–H and O–H groups in total. The van der Waals surface area contributed by atoms with Gasteiger partial charge in [0.15, 0.2) is 0 Å². The van der Waals surface area contributed by atoms with Crippen LogP contribution in [-0.4, -0.2) is 20.6 Å². The summed E-state index contributed by atoms with van der Waals surface area (Å²) in [7, 11) is -3.55. The van der Waals surface area contributed by atoms with Gasteiger partial charge in [0.2, 0.25) is 10.0 Å². The summed E-state index contributed by atoms with van der Waals surface area (Å²) in [6.45, 7) is 0.175. The molecule has 192 valence electrons. The predicted molar refractivity (Wildman–Crippen MR) is 159 cm³/mol. The molecule has 0 fully saturated rings. The molecule has 0 unspecified atom stereocenters. The Labute approximate surface area is 235 Å². The molecule has 0 atom stereocenters. The van der Waals surface area contributed by atoms with E-state index in [2.05, 4.69) is 5.32 Å². The van der Waals surface area contributed by atoms with E-state index in [-0.39, 0.29) is 12.5 Å². The van der Waals surface area contributed by atoms with E-state index in [1.807, 2.05) is 60.7 Å². The van der Waals surface area contributed by atoms with Crippen LogP contribution >= 0.6 is 34.7 Å². The summed E-state index contributed by atoms with van der Waals surface area (Å²) in [5.41, 5.74) is 2.08. The average Bonchev–Trinajstić information content (AvgIpc) is 3.33. The first-order valence-electron chi connectivity index (χ1n) is 11.7. The van der Waals surface area contributed by atoms with Gasteiger partial charge in [0.1, 0.15) is 0 Å². The van der Waals surface area contributed by atoms with Crippen molar-refractivity contribution in [2.24, 2.45) is 0 Å². The normalized spacial score (nSPS) is 11.4. The van der Waals surface area contributed by atoms with Crippen molar-refractivity contribution < 1.29 is 13.2 Å². The van der Waals surface area contributed by atoms with Gasteiger partial charge in [0.25, 0.3) is 5.91 Å². The molecule has 0 aliphatic rings. The van der Waals surface area contributed by atoms with Crippen LogP contribution in [0.25, 0.3) is 10.1 Å². The summed E-state index contributed by atoms with van der Waals surface area (Å²) in [5.74, 6) is -0.213. The number of halogens is 1. The van der Waals surface area contributed by atoms with Gasteiger partial charge in [0, 0.05) is 19.5 Å². The molecule has 0 saturated heterocycles. The van der Waals surface area contributed by atoms with Crippen LogP contribution in [0.4, 0.5) is 11.4 Å². The molecular weight excluding hydrogens is 556 g/mol. The average molecular weight is 579 g/mol. The molecule has 5 rings (SSSR count). The minimum Gasteiger partial charge on any atom is -0.320 e. The van der Waals surface area contributed by atoms with Crippen molar-refractivity contribution in [1.82, 2.24) is 0 Å². The van der Waals surface area contributed by atoms with Crippen molar-refractivity contribution in [3.05, 3.63) is 119 Å². The van der Waals surface area contributed by atoms with Gasteiger partial charge in [0.05, 0.1) is 29.1 Å². The maximum absolute atomic E-state index is 13.2. The largest absolute Gasteiger partial charge is 0.320 e. The Hall–Kier alpha value is -3.30. The number of hydrogen-bond donors (Lipinski definition) is 1. The molecule has 38 heavy (non-hydrogen) atoms. The highest BCUT2D eigenvalue weighted by atomic mass is 35.5. The molecule has 0 aliphatic carbocycles. The molecule has 1 aromatic heterocycles. The summed E-state index contributed by atoms with van der Waals surface area (Å²) in [5, 5.41) is 4.43. The van der Waals surface area contributed by atoms with Crippen molar-refractivity contribution in [2.45, 2.75) is 16.3 Å². The first-order valence-corrected chi connectivity index (χ1v) is 15.5. The molecule has 5 nitrogen and oxygen atoms in total. The van der Waals surface area contributed by atoms with Gasteiger partial charge >= 0.3 is 0 Å². The highest BCUT2D eigenvalue weighted by molar-refractivity contribution is 7.99. The summed E-state index contributed by atoms with van der Waals surface area (Å²) in [6.07, 6.45) is 1.19. The van der Waals surface area contributed by atoms with Crippen LogP contribution in [0.3, 0.4) is 0 Å². The molecule has 1 amide bonds. The molecular formula is C29H23ClN2O3S3. The van der Waals surface area contributed by atoms with E-state index in [1.165, 1.54) is 21.9 Å². The SMILES string of the molecule is CS(=O)(=O)N(Cc1ccc(Cl)cc1)c1ccc2sc(C(=O)Nc3ccccc3Sc3ccccc3)cc2c1. The third kappa shape index (κ3) is 6.22. The highest BCUT2D eigenvalue weighted by Gasteiger charge is 2.20. The van der Waals surface area contributed by atoms with Crippen LogP contribution in [0.15, 0.2) is 113 Å². The Morgan fingerprint density at radius 3 is 2.37 bits per heavy atom. The molecule has 4 aromatic carbocycles. The first-order chi connectivity index (χ1) is 18.3. The van der Waals surface area contributed by atoms with Crippen molar-refractivity contribution >= 4 is 72.1 Å². The van der Waals surface area contributed by atoms with E-state index >= 15 is 0 Å². The zero-order chi connectivity index (χ0) is 26.7. The van der Waals surface area contributed by atoms with Crippen LogP contribution in [-0.2, 0) is 16.6 Å². The number of amides is 1. The number of fused-ring (bicyclic) bond motifs is 1. The lowest BCUT2D eigenvalue weighted by atomic mass is 10.2. The van der Waals surface area contributed by atoms with Crippen LogP contribution in [0, 0.1) is 0 Å². The minimum absolute atomic E-state index is 0.175. The van der Waals surface area contributed by atoms with Crippen molar-refractivity contribution in [1.29, 1.82) is 0 Å². The number of para-hydroxylation sites is 1. The second kappa shape index (κ2) is 11.2. The van der Waals surface area contributed by atoms with Crippen LogP contribution in [0.5, 0.6) is 0 Å². The Morgan fingerprint density at radius 1 is 0.921 bits per heavy atom. The van der Waals surface area contributed by atoms with E-state index in [9.17, 15) is 13.2 Å². The molecule has 0 spiro atoms. The van der Waals surface area contributed by atoms with Gasteiger partial charge in [-0.2, -0.15) is 0 Å². The van der Waals surface area contributed by atoms with Gasteiger partial charge in [-0.15, -0.1) is 11.3 Å². The van der Waals surface area contributed by atoms with Crippen molar-refractivity contribution in [3.8, 4) is 0 Å². The number of benzene rings is 4. The standard InChI is InChI=1S/C29H23ClN2O3S3/c1-38(34,35)32(19-20-11-13-22(30)14-12-20)23-15-16-26-21(17-23)18-28(37-26)29(33)31-25-9-5-6-10-27(25)36-24-7-3-2-4-8-24/h2-18H,19H2,1H3,(H,31,33). The molecule has 1 heterocycles. The fourth-order valence-electron chi connectivity index (χ4n) is 3.91. The smallest absolute Gasteiger partial charge is 0.265 e. The summed E-state index contributed by atoms with van der Waals surface area (Å²) < 4.78 is 27.6. The monoisotopic (exact) mass is 578 g/mol. The zero-order valence-corrected chi connectivity index (χ0v) is 23.5. The number of rotatable bonds is 8. The number of sulfonamides is 1. The summed E-state index contributed by atoms with van der Waals surface area (Å²) in [6, 6.07) is 32.0. The predicted octanol–water partition coefficient (Wildman–Crippen LogP) is 7.92. The highest BCUT2D eigenvalue weighted by Crippen LogP contribution is 2.35. The van der Waals surface area contributed by atoms with E-state index in [0.29, 0.717) is 15.6 Å². The van der Waals surface area contributed by atoms with Gasteiger partial charge < -0.3 is 5.32 Å². The second-order valence-corrected chi connectivity index (χ2v) is 13.1. The molecule has 0 saturated carbocycles. The summed E-state index contributed by atoms with van der Waals surface area (Å²) >= 11 is 8.93. The topological polar surface area (TPSA) is 66.5 Å². The quantitative estimate of drug-likeness (QED) is 0.203. The maximum atomic E-state index is 13.2. The summed E-state index contributed by atoms with van der Waals surface area (Å²) in [4.78, 5) is 15.8. The number of anilines is 2. The van der Waals surface area contributed by atoms with E-state index in [1.54, 1.807) is 54.2 Å². The maximum Gasteiger partial charge on any atom is 0.265 e. The van der Waals surface area contributed by atoms with Crippen LogP contribution in [0.1, 0.15) is 15.2 Å². The fourth-order valence-corrected chi connectivity index (χ4v) is 6.78. The number of thiophene rings is 1. The van der Waals surface area contributed by atoms with Crippen molar-refractivity contribution in [2.75, 3.05) is 15.9 Å². The number of hydrogen-bond acceptors (Lipinski definition) is 5. The number of nitrogens with one attached hydrogen (secondary N) is 1. The van der Waals surface area contributed by atoms with E-state index in [0.717, 1.165) is 31.1 Å². The third-order valence-electron chi connectivity index (χ3n) is 5.76. The third-order valence-corrected chi connectivity index (χ3v) is 9.35. The molecule has 0 radical (unpaired) electrons. The van der Waals surface area contributed by atoms with Crippen LogP contribution in [0.2, 0.25) is 5.02 Å². The van der Waals surface area contributed by atoms with Crippen LogP contribution < -0.4 is 9.62 Å². The fraction of sp³-hybridized carbons (Fsp3) is 0.0690. The molecule has 9 heteroatoms. The Morgan fingerprint density at radius 2 is 1.63 bits per heavy atom. The van der Waals surface area contributed by atoms with E-state index < -0.39 is 10.0 Å². The Balaban J connectivity index is 1.39. The lowest BCUT2D eigenvalue weighted by Gasteiger charge is -2.22. The number of nitrogens with zero attached hydrogens (tertiary/aromatic N) is 1. The second-order valence-electron chi connectivity index (χ2n) is 8.59. The van der Waals surface area contributed by atoms with Crippen molar-refractivity contribution in [3.63, 3.8) is 0 Å².